The smallest absolute Gasteiger partial charge is 0.243 e. The summed E-state index contributed by atoms with van der Waals surface area (Å²) in [5, 5.41) is 0. The highest BCUT2D eigenvalue weighted by Gasteiger charge is 1.95. The minimum absolute atomic E-state index is 0.0597. The van der Waals surface area contributed by atoms with E-state index in [9.17, 15) is 4.79 Å². The molecule has 0 fully saturated rings. The van der Waals surface area contributed by atoms with E-state index < -0.39 is 0 Å². The lowest BCUT2D eigenvalue weighted by atomic mass is 10.1. The number of hydrogen-bond donors (Lipinski definition) is 1. The molecule has 0 saturated carbocycles. The number of carbonyl (C=O) groups excluding carboxylic acids is 1. The first-order valence-corrected chi connectivity index (χ1v) is 4.99. The second-order valence-corrected chi connectivity index (χ2v) is 3.76. The Kier molecular flexibility index (Phi) is 7.69. The molecule has 2 N–H and O–H groups in total. The molecule has 0 aliphatic rings. The fourth-order valence-electron chi connectivity index (χ4n) is 1.11. The van der Waals surface area contributed by atoms with Crippen LogP contribution in [0.15, 0.2) is 0 Å². The highest BCUT2D eigenvalue weighted by atomic mass is 16.5. The first kappa shape index (κ1) is 12.4. The Morgan fingerprint density at radius 2 is 2.00 bits per heavy atom. The summed E-state index contributed by atoms with van der Waals surface area (Å²) in [5.74, 6) is 0.397. The molecule has 0 spiro atoms. The average molecular weight is 187 g/mol. The maximum atomic E-state index is 10.3. The quantitative estimate of drug-likeness (QED) is 0.588. The third kappa shape index (κ3) is 11.4. The molecule has 0 saturated heterocycles. The summed E-state index contributed by atoms with van der Waals surface area (Å²) in [5.41, 5.74) is 4.91. The van der Waals surface area contributed by atoms with E-state index in [1.165, 1.54) is 19.3 Å². The Morgan fingerprint density at radius 3 is 2.54 bits per heavy atom. The SMILES string of the molecule is CC(C)CCCCCOCC(N)=O. The van der Waals surface area contributed by atoms with Crippen LogP contribution in [0.2, 0.25) is 0 Å². The van der Waals surface area contributed by atoms with Crippen molar-refractivity contribution in [2.75, 3.05) is 13.2 Å². The maximum absolute atomic E-state index is 10.3. The van der Waals surface area contributed by atoms with E-state index in [0.717, 1.165) is 12.3 Å². The molecule has 3 nitrogen and oxygen atoms in total. The van der Waals surface area contributed by atoms with Crippen LogP contribution in [-0.4, -0.2) is 19.1 Å². The topological polar surface area (TPSA) is 52.3 Å². The predicted octanol–water partition coefficient (Wildman–Crippen LogP) is 1.70. The molecule has 0 aliphatic heterocycles. The minimum atomic E-state index is -0.387. The molecule has 13 heavy (non-hydrogen) atoms. The van der Waals surface area contributed by atoms with Crippen molar-refractivity contribution in [3.63, 3.8) is 0 Å². The lowest BCUT2D eigenvalue weighted by Crippen LogP contribution is -2.18. The van der Waals surface area contributed by atoms with E-state index in [2.05, 4.69) is 13.8 Å². The molecule has 0 atom stereocenters. The van der Waals surface area contributed by atoms with Crippen LogP contribution >= 0.6 is 0 Å². The van der Waals surface area contributed by atoms with Crippen LogP contribution in [0.25, 0.3) is 0 Å². The van der Waals surface area contributed by atoms with Crippen molar-refractivity contribution in [3.8, 4) is 0 Å². The molecule has 78 valence electrons. The third-order valence-corrected chi connectivity index (χ3v) is 1.81. The van der Waals surface area contributed by atoms with Gasteiger partial charge in [0.25, 0.3) is 0 Å². The Morgan fingerprint density at radius 1 is 1.31 bits per heavy atom. The molecule has 0 radical (unpaired) electrons. The second kappa shape index (κ2) is 8.05. The Balaban J connectivity index is 2.96. The van der Waals surface area contributed by atoms with E-state index >= 15 is 0 Å². The normalized spacial score (nSPS) is 10.7. The van der Waals surface area contributed by atoms with Gasteiger partial charge in [-0.2, -0.15) is 0 Å². The molecule has 0 rings (SSSR count). The van der Waals surface area contributed by atoms with E-state index in [-0.39, 0.29) is 12.5 Å². The van der Waals surface area contributed by atoms with Gasteiger partial charge in [0.2, 0.25) is 5.91 Å². The number of primary amides is 1. The van der Waals surface area contributed by atoms with Crippen LogP contribution in [-0.2, 0) is 9.53 Å². The third-order valence-electron chi connectivity index (χ3n) is 1.81. The van der Waals surface area contributed by atoms with Crippen molar-refractivity contribution in [1.82, 2.24) is 0 Å². The van der Waals surface area contributed by atoms with Gasteiger partial charge in [-0.3, -0.25) is 4.79 Å². The van der Waals surface area contributed by atoms with Gasteiger partial charge in [-0.25, -0.2) is 0 Å². The molecule has 0 bridgehead atoms. The molecule has 0 aromatic heterocycles. The molecule has 0 unspecified atom stereocenters. The largest absolute Gasteiger partial charge is 0.372 e. The first-order valence-electron chi connectivity index (χ1n) is 4.99. The number of rotatable bonds is 8. The van der Waals surface area contributed by atoms with E-state index in [1.807, 2.05) is 0 Å². The number of amides is 1. The Hall–Kier alpha value is -0.570. The minimum Gasteiger partial charge on any atom is -0.372 e. The Bertz CT molecular complexity index is 135. The van der Waals surface area contributed by atoms with E-state index in [0.29, 0.717) is 6.61 Å². The van der Waals surface area contributed by atoms with Gasteiger partial charge < -0.3 is 10.5 Å². The zero-order valence-electron chi connectivity index (χ0n) is 8.71. The van der Waals surface area contributed by atoms with Crippen molar-refractivity contribution in [2.24, 2.45) is 11.7 Å². The molecular weight excluding hydrogens is 166 g/mol. The van der Waals surface area contributed by atoms with E-state index in [4.69, 9.17) is 10.5 Å². The van der Waals surface area contributed by atoms with Crippen LogP contribution in [0.4, 0.5) is 0 Å². The van der Waals surface area contributed by atoms with Gasteiger partial charge in [-0.05, 0) is 12.3 Å². The molecular formula is C10H21NO2. The van der Waals surface area contributed by atoms with Crippen LogP contribution in [0.5, 0.6) is 0 Å². The standard InChI is InChI=1S/C10H21NO2/c1-9(2)6-4-3-5-7-13-8-10(11)12/h9H,3-8H2,1-2H3,(H2,11,12). The number of ether oxygens (including phenoxy) is 1. The van der Waals surface area contributed by atoms with Gasteiger partial charge >= 0.3 is 0 Å². The highest BCUT2D eigenvalue weighted by Crippen LogP contribution is 2.07. The predicted molar refractivity (Wildman–Crippen MR) is 53.3 cm³/mol. The van der Waals surface area contributed by atoms with Gasteiger partial charge in [0, 0.05) is 6.61 Å². The molecule has 0 aromatic carbocycles. The van der Waals surface area contributed by atoms with Gasteiger partial charge in [0.05, 0.1) is 0 Å². The fraction of sp³-hybridized carbons (Fsp3) is 0.900. The number of hydrogen-bond acceptors (Lipinski definition) is 2. The van der Waals surface area contributed by atoms with Crippen LogP contribution in [0.1, 0.15) is 39.5 Å². The Labute approximate surface area is 80.6 Å². The summed E-state index contributed by atoms with van der Waals surface area (Å²) in [6.45, 7) is 5.17. The number of unbranched alkanes of at least 4 members (excludes halogenated alkanes) is 2. The van der Waals surface area contributed by atoms with Crippen molar-refractivity contribution >= 4 is 5.91 Å². The summed E-state index contributed by atoms with van der Waals surface area (Å²) >= 11 is 0. The van der Waals surface area contributed by atoms with Crippen LogP contribution in [0.3, 0.4) is 0 Å². The summed E-state index contributed by atoms with van der Waals surface area (Å²) in [7, 11) is 0. The first-order chi connectivity index (χ1) is 6.13. The van der Waals surface area contributed by atoms with Crippen molar-refractivity contribution in [2.45, 2.75) is 39.5 Å². The maximum Gasteiger partial charge on any atom is 0.243 e. The second-order valence-electron chi connectivity index (χ2n) is 3.76. The molecule has 0 aromatic rings. The summed E-state index contributed by atoms with van der Waals surface area (Å²) in [4.78, 5) is 10.3. The molecule has 0 aliphatic carbocycles. The van der Waals surface area contributed by atoms with E-state index in [1.54, 1.807) is 0 Å². The van der Waals surface area contributed by atoms with Crippen molar-refractivity contribution < 1.29 is 9.53 Å². The molecule has 1 amide bonds. The molecule has 0 heterocycles. The lowest BCUT2D eigenvalue weighted by molar-refractivity contribution is -0.122. The highest BCUT2D eigenvalue weighted by molar-refractivity contribution is 5.74. The zero-order valence-corrected chi connectivity index (χ0v) is 8.71. The van der Waals surface area contributed by atoms with Gasteiger partial charge in [-0.1, -0.05) is 33.1 Å². The fourth-order valence-corrected chi connectivity index (χ4v) is 1.11. The van der Waals surface area contributed by atoms with Crippen molar-refractivity contribution in [1.29, 1.82) is 0 Å². The summed E-state index contributed by atoms with van der Waals surface area (Å²) in [6.07, 6.45) is 4.73. The zero-order chi connectivity index (χ0) is 10.1. The van der Waals surface area contributed by atoms with Crippen LogP contribution in [0, 0.1) is 5.92 Å². The number of nitrogens with two attached hydrogens (primary N) is 1. The van der Waals surface area contributed by atoms with Gasteiger partial charge in [-0.15, -0.1) is 0 Å². The van der Waals surface area contributed by atoms with Crippen molar-refractivity contribution in [3.05, 3.63) is 0 Å². The summed E-state index contributed by atoms with van der Waals surface area (Å²) < 4.78 is 5.03. The lowest BCUT2D eigenvalue weighted by Gasteiger charge is -2.04. The van der Waals surface area contributed by atoms with Gasteiger partial charge in [0.1, 0.15) is 6.61 Å². The van der Waals surface area contributed by atoms with Gasteiger partial charge in [0.15, 0.2) is 0 Å². The molecule has 3 heteroatoms. The van der Waals surface area contributed by atoms with Crippen LogP contribution < -0.4 is 5.73 Å². The monoisotopic (exact) mass is 187 g/mol. The summed E-state index contributed by atoms with van der Waals surface area (Å²) in [6, 6.07) is 0. The average Bonchev–Trinajstić information content (AvgIpc) is 2.01. The number of carbonyl (C=O) groups is 1.